The first-order valence-corrected chi connectivity index (χ1v) is 8.72. The molecule has 3 amide bonds. The lowest BCUT2D eigenvalue weighted by molar-refractivity contribution is -0.0372. The summed E-state index contributed by atoms with van der Waals surface area (Å²) in [6, 6.07) is 4.03. The van der Waals surface area contributed by atoms with Crippen LogP contribution in [-0.2, 0) is 0 Å². The van der Waals surface area contributed by atoms with Gasteiger partial charge in [0.25, 0.3) is 5.91 Å². The fourth-order valence-corrected chi connectivity index (χ4v) is 2.58. The molecule has 27 heavy (non-hydrogen) atoms. The predicted molar refractivity (Wildman–Crippen MR) is 99.3 cm³/mol. The van der Waals surface area contributed by atoms with Crippen molar-refractivity contribution in [3.63, 3.8) is 0 Å². The number of hydroxylamine groups is 2. The maximum atomic E-state index is 11.7. The van der Waals surface area contributed by atoms with Gasteiger partial charge in [0.05, 0.1) is 12.1 Å². The summed E-state index contributed by atoms with van der Waals surface area (Å²) < 4.78 is 5.74. The van der Waals surface area contributed by atoms with Crippen molar-refractivity contribution in [3.05, 3.63) is 29.3 Å². The molecule has 0 saturated carbocycles. The lowest BCUT2D eigenvalue weighted by atomic mass is 10.1. The lowest BCUT2D eigenvalue weighted by Gasteiger charge is -2.27. The zero-order chi connectivity index (χ0) is 19.6. The van der Waals surface area contributed by atoms with Crippen molar-refractivity contribution < 1.29 is 19.5 Å². The average molecular weight is 375 g/mol. The first kappa shape index (κ1) is 20.5. The molecule has 2 rings (SSSR count). The fourth-order valence-electron chi connectivity index (χ4n) is 2.58. The summed E-state index contributed by atoms with van der Waals surface area (Å²) in [4.78, 5) is 24.7. The van der Waals surface area contributed by atoms with E-state index in [9.17, 15) is 9.59 Å². The molecule has 0 atom stereocenters. The lowest BCUT2D eigenvalue weighted by Crippen LogP contribution is -2.44. The number of hydrogen-bond acceptors (Lipinski definition) is 6. The normalized spacial score (nSPS) is 14.1. The molecule has 1 aliphatic rings. The van der Waals surface area contributed by atoms with Crippen molar-refractivity contribution in [2.24, 2.45) is 11.5 Å². The highest BCUT2D eigenvalue weighted by Gasteiger charge is 2.12. The molecular formula is C18H25N5O4. The van der Waals surface area contributed by atoms with Crippen LogP contribution in [0.2, 0.25) is 0 Å². The number of carbonyl (C=O) groups excluding carboxylic acids is 2. The second-order valence-corrected chi connectivity index (χ2v) is 6.03. The third kappa shape index (κ3) is 6.79. The Morgan fingerprint density at radius 2 is 2.04 bits per heavy atom. The van der Waals surface area contributed by atoms with Gasteiger partial charge in [0, 0.05) is 44.7 Å². The van der Waals surface area contributed by atoms with E-state index in [1.807, 2.05) is 0 Å². The number of benzene rings is 1. The summed E-state index contributed by atoms with van der Waals surface area (Å²) in [5, 5.41) is 12.8. The highest BCUT2D eigenvalue weighted by atomic mass is 16.5. The van der Waals surface area contributed by atoms with Crippen LogP contribution in [0.4, 0.5) is 4.79 Å². The van der Waals surface area contributed by atoms with Crippen LogP contribution in [0.25, 0.3) is 0 Å². The Kier molecular flexibility index (Phi) is 7.88. The predicted octanol–water partition coefficient (Wildman–Crippen LogP) is -0.419. The molecule has 1 aromatic rings. The van der Waals surface area contributed by atoms with Crippen molar-refractivity contribution in [3.8, 4) is 17.6 Å². The summed E-state index contributed by atoms with van der Waals surface area (Å²) >= 11 is 0. The molecule has 1 fully saturated rings. The molecule has 0 aliphatic carbocycles. The van der Waals surface area contributed by atoms with E-state index >= 15 is 0 Å². The minimum Gasteiger partial charge on any atom is -0.491 e. The van der Waals surface area contributed by atoms with Gasteiger partial charge in [-0.25, -0.2) is 9.86 Å². The van der Waals surface area contributed by atoms with Crippen LogP contribution in [0.3, 0.4) is 0 Å². The SMILES string of the molecule is NC(=O)c1cc(C#CCCN(O)C(N)=O)ccc1OCCN1CCNCC1. The molecule has 1 heterocycles. The summed E-state index contributed by atoms with van der Waals surface area (Å²) in [7, 11) is 0. The number of urea groups is 1. The number of carbonyl (C=O) groups is 2. The Labute approximate surface area is 158 Å². The van der Waals surface area contributed by atoms with E-state index in [4.69, 9.17) is 21.4 Å². The van der Waals surface area contributed by atoms with E-state index in [1.165, 1.54) is 0 Å². The molecule has 0 radical (unpaired) electrons. The molecule has 6 N–H and O–H groups in total. The van der Waals surface area contributed by atoms with Crippen molar-refractivity contribution in [2.45, 2.75) is 6.42 Å². The molecule has 0 bridgehead atoms. The van der Waals surface area contributed by atoms with E-state index in [0.717, 1.165) is 32.7 Å². The first-order valence-electron chi connectivity index (χ1n) is 8.72. The van der Waals surface area contributed by atoms with Crippen molar-refractivity contribution in [2.75, 3.05) is 45.9 Å². The Morgan fingerprint density at radius 1 is 1.30 bits per heavy atom. The van der Waals surface area contributed by atoms with E-state index < -0.39 is 11.9 Å². The number of amides is 3. The van der Waals surface area contributed by atoms with Crippen LogP contribution in [-0.4, -0.2) is 73.0 Å². The summed E-state index contributed by atoms with van der Waals surface area (Å²) in [5.41, 5.74) is 11.2. The van der Waals surface area contributed by atoms with Crippen molar-refractivity contribution in [1.82, 2.24) is 15.3 Å². The number of rotatable bonds is 7. The van der Waals surface area contributed by atoms with Gasteiger partial charge in [0.2, 0.25) is 0 Å². The van der Waals surface area contributed by atoms with Gasteiger partial charge in [-0.3, -0.25) is 14.9 Å². The Balaban J connectivity index is 1.93. The van der Waals surface area contributed by atoms with Gasteiger partial charge in [0.1, 0.15) is 12.4 Å². The van der Waals surface area contributed by atoms with Gasteiger partial charge in [-0.05, 0) is 18.2 Å². The van der Waals surface area contributed by atoms with Gasteiger partial charge >= 0.3 is 6.03 Å². The topological polar surface area (TPSA) is 134 Å². The highest BCUT2D eigenvalue weighted by Crippen LogP contribution is 2.19. The molecule has 0 aromatic heterocycles. The first-order chi connectivity index (χ1) is 13.0. The number of nitrogens with zero attached hydrogens (tertiary/aromatic N) is 2. The quantitative estimate of drug-likeness (QED) is 0.291. The monoisotopic (exact) mass is 375 g/mol. The summed E-state index contributed by atoms with van der Waals surface area (Å²) in [6.45, 7) is 5.12. The Morgan fingerprint density at radius 3 is 2.70 bits per heavy atom. The number of hydrogen-bond donors (Lipinski definition) is 4. The van der Waals surface area contributed by atoms with Crippen LogP contribution in [0.15, 0.2) is 18.2 Å². The minimum absolute atomic E-state index is 0.00176. The van der Waals surface area contributed by atoms with E-state index in [0.29, 0.717) is 23.0 Å². The van der Waals surface area contributed by atoms with Crippen LogP contribution in [0.5, 0.6) is 5.75 Å². The van der Waals surface area contributed by atoms with Crippen molar-refractivity contribution >= 4 is 11.9 Å². The molecular weight excluding hydrogens is 350 g/mol. The zero-order valence-corrected chi connectivity index (χ0v) is 15.1. The fraction of sp³-hybridized carbons (Fsp3) is 0.444. The van der Waals surface area contributed by atoms with Gasteiger partial charge in [-0.15, -0.1) is 0 Å². The van der Waals surface area contributed by atoms with Gasteiger partial charge in [-0.1, -0.05) is 11.8 Å². The third-order valence-corrected chi connectivity index (χ3v) is 4.06. The third-order valence-electron chi connectivity index (χ3n) is 4.06. The highest BCUT2D eigenvalue weighted by molar-refractivity contribution is 5.96. The number of primary amides is 2. The molecule has 1 aliphatic heterocycles. The number of piperazine rings is 1. The van der Waals surface area contributed by atoms with Crippen molar-refractivity contribution in [1.29, 1.82) is 0 Å². The number of nitrogens with one attached hydrogen (secondary N) is 1. The number of nitrogens with two attached hydrogens (primary N) is 2. The zero-order valence-electron chi connectivity index (χ0n) is 15.1. The van der Waals surface area contributed by atoms with E-state index in [1.54, 1.807) is 18.2 Å². The molecule has 1 saturated heterocycles. The molecule has 146 valence electrons. The molecule has 9 nitrogen and oxygen atoms in total. The second kappa shape index (κ2) is 10.4. The minimum atomic E-state index is -0.935. The molecule has 1 aromatic carbocycles. The van der Waals surface area contributed by atoms with Gasteiger partial charge < -0.3 is 21.5 Å². The Bertz CT molecular complexity index is 722. The van der Waals surface area contributed by atoms with E-state index in [-0.39, 0.29) is 18.5 Å². The largest absolute Gasteiger partial charge is 0.491 e. The van der Waals surface area contributed by atoms with Gasteiger partial charge in [-0.2, -0.15) is 0 Å². The number of ether oxygens (including phenoxy) is 1. The maximum absolute atomic E-state index is 11.7. The molecule has 9 heteroatoms. The second-order valence-electron chi connectivity index (χ2n) is 6.03. The van der Waals surface area contributed by atoms with Crippen LogP contribution >= 0.6 is 0 Å². The van der Waals surface area contributed by atoms with Crippen LogP contribution in [0.1, 0.15) is 22.3 Å². The summed E-state index contributed by atoms with van der Waals surface area (Å²) in [5.74, 6) is 5.48. The molecule has 0 unspecified atom stereocenters. The van der Waals surface area contributed by atoms with E-state index in [2.05, 4.69) is 22.1 Å². The Hall–Kier alpha value is -2.80. The molecule has 0 spiro atoms. The average Bonchev–Trinajstić information content (AvgIpc) is 2.66. The smallest absolute Gasteiger partial charge is 0.338 e. The standard InChI is InChI=1S/C18H25N5O4/c19-17(24)15-13-14(3-1-2-8-23(26)18(20)25)4-5-16(15)27-12-11-22-9-6-21-7-10-22/h4-5,13,21,26H,2,6-12H2,(H2,19,24)(H2,20,25). The van der Waals surface area contributed by atoms with Gasteiger partial charge in [0.15, 0.2) is 0 Å². The van der Waals surface area contributed by atoms with Crippen LogP contribution in [0, 0.1) is 11.8 Å². The summed E-state index contributed by atoms with van der Waals surface area (Å²) in [6.07, 6.45) is 0.230. The maximum Gasteiger partial charge on any atom is 0.338 e. The van der Waals surface area contributed by atoms with Crippen LogP contribution < -0.4 is 21.5 Å².